The number of carbonyl (C=O) groups is 4. The number of thiazole rings is 1. The van der Waals surface area contributed by atoms with Gasteiger partial charge in [0, 0.05) is 53.2 Å². The SMILES string of the molecule is CCN(C(=O)N[C@H]1CCCCCC=C[C@@H]2C[C@@]2(C(=O)NS(=O)(=O)C2CC2)NC(=O)[C@@H]2C[C@@H](Oc3cc(-c4nc(C5CC5)cs4)nc4c(C)c(OC)ccc34)CN2C1=O)C(C)C. The number of carbonyl (C=O) groups excluding carboxylic acids is 4. The van der Waals surface area contributed by atoms with E-state index >= 15 is 0 Å². The smallest absolute Gasteiger partial charge is 0.318 e. The molecule has 4 fully saturated rings. The van der Waals surface area contributed by atoms with E-state index in [4.69, 9.17) is 19.4 Å². The number of amides is 5. The van der Waals surface area contributed by atoms with Crippen LogP contribution in [0.2, 0.25) is 0 Å². The number of hydrogen-bond acceptors (Lipinski definition) is 11. The van der Waals surface area contributed by atoms with Gasteiger partial charge in [0.25, 0.3) is 5.91 Å². The first-order chi connectivity index (χ1) is 29.2. The Morgan fingerprint density at radius 2 is 1.87 bits per heavy atom. The monoisotopic (exact) mass is 875 g/mol. The highest BCUT2D eigenvalue weighted by molar-refractivity contribution is 7.91. The van der Waals surface area contributed by atoms with Crippen LogP contribution in [0.3, 0.4) is 0 Å². The van der Waals surface area contributed by atoms with E-state index in [0.29, 0.717) is 67.3 Å². The molecule has 328 valence electrons. The van der Waals surface area contributed by atoms with Crippen molar-refractivity contribution in [3.05, 3.63) is 47.0 Å². The Morgan fingerprint density at radius 1 is 1.08 bits per heavy atom. The van der Waals surface area contributed by atoms with Gasteiger partial charge in [-0.25, -0.2) is 23.2 Å². The summed E-state index contributed by atoms with van der Waals surface area (Å²) >= 11 is 1.53. The molecule has 1 saturated heterocycles. The molecule has 0 bridgehead atoms. The zero-order chi connectivity index (χ0) is 43.2. The highest BCUT2D eigenvalue weighted by Crippen LogP contribution is 2.47. The highest BCUT2D eigenvalue weighted by atomic mass is 32.2. The van der Waals surface area contributed by atoms with Crippen LogP contribution in [0.15, 0.2) is 35.7 Å². The van der Waals surface area contributed by atoms with E-state index in [1.165, 1.54) is 16.2 Å². The third-order valence-electron chi connectivity index (χ3n) is 12.8. The maximum Gasteiger partial charge on any atom is 0.318 e. The van der Waals surface area contributed by atoms with Gasteiger partial charge in [0.05, 0.1) is 30.1 Å². The largest absolute Gasteiger partial charge is 0.496 e. The number of methoxy groups -OCH3 is 1. The summed E-state index contributed by atoms with van der Waals surface area (Å²) in [6.45, 7) is 8.10. The van der Waals surface area contributed by atoms with E-state index in [-0.39, 0.29) is 31.5 Å². The van der Waals surface area contributed by atoms with Gasteiger partial charge >= 0.3 is 6.03 Å². The minimum Gasteiger partial charge on any atom is -0.496 e. The van der Waals surface area contributed by atoms with Gasteiger partial charge in [-0.3, -0.25) is 19.1 Å². The van der Waals surface area contributed by atoms with Crippen LogP contribution in [0.4, 0.5) is 4.79 Å². The molecular weight excluding hydrogens is 819 g/mol. The lowest BCUT2D eigenvalue weighted by Crippen LogP contribution is -2.59. The summed E-state index contributed by atoms with van der Waals surface area (Å²) in [5, 5.41) is 8.88. The van der Waals surface area contributed by atoms with Crippen LogP contribution in [0.25, 0.3) is 21.6 Å². The van der Waals surface area contributed by atoms with Crippen molar-refractivity contribution >= 4 is 56.0 Å². The lowest BCUT2D eigenvalue weighted by atomic mass is 10.0. The number of nitrogens with zero attached hydrogens (tertiary/aromatic N) is 4. The third kappa shape index (κ3) is 8.95. The first-order valence-corrected chi connectivity index (χ1v) is 24.2. The number of benzene rings is 1. The van der Waals surface area contributed by atoms with Gasteiger partial charge in [-0.15, -0.1) is 11.3 Å². The average Bonchev–Trinajstić information content (AvgIpc) is 4.18. The van der Waals surface area contributed by atoms with Gasteiger partial charge in [0.2, 0.25) is 21.8 Å². The molecule has 0 radical (unpaired) electrons. The van der Waals surface area contributed by atoms with Crippen LogP contribution in [-0.4, -0.2) is 107 Å². The van der Waals surface area contributed by atoms with Crippen molar-refractivity contribution in [3.8, 4) is 22.2 Å². The zero-order valence-electron chi connectivity index (χ0n) is 35.6. The second-order valence-corrected chi connectivity index (χ2v) is 20.3. The van der Waals surface area contributed by atoms with Crippen molar-refractivity contribution in [2.24, 2.45) is 5.92 Å². The van der Waals surface area contributed by atoms with E-state index in [0.717, 1.165) is 47.3 Å². The molecule has 0 spiro atoms. The van der Waals surface area contributed by atoms with E-state index in [9.17, 15) is 27.6 Å². The molecule has 0 unspecified atom stereocenters. The van der Waals surface area contributed by atoms with Gasteiger partial charge in [-0.1, -0.05) is 25.0 Å². The minimum absolute atomic E-state index is 0.0148. The number of rotatable bonds is 11. The van der Waals surface area contributed by atoms with Gasteiger partial charge in [-0.2, -0.15) is 0 Å². The third-order valence-corrected chi connectivity index (χ3v) is 15.5. The standard InChI is InChI=1S/C44H57N7O8S2/c1-6-50(25(2)3)43(55)47-32-13-11-9-7-8-10-12-28-22-44(28,42(54)49-61(56,57)30-16-17-30)48-39(52)35-20-29(23-51(35)41(32)53)59-37-21-33(40-46-34(24-60-40)27-14-15-27)45-38-26(4)36(58-5)19-18-31(37)38/h10,12,18-19,21,24-25,27-30,32,35H,6-9,11,13-17,20,22-23H2,1-5H3,(H,47,55)(H,48,52)(H,49,54)/t28-,29-,32+,35+,44-/m1/s1. The van der Waals surface area contributed by atoms with Crippen molar-refractivity contribution in [2.45, 2.75) is 139 Å². The van der Waals surface area contributed by atoms with Gasteiger partial charge in [0.1, 0.15) is 45.9 Å². The zero-order valence-corrected chi connectivity index (χ0v) is 37.2. The maximum absolute atomic E-state index is 14.9. The highest BCUT2D eigenvalue weighted by Gasteiger charge is 2.62. The minimum atomic E-state index is -3.90. The number of ether oxygens (including phenoxy) is 2. The van der Waals surface area contributed by atoms with Crippen molar-refractivity contribution in [2.75, 3.05) is 20.2 Å². The van der Waals surface area contributed by atoms with E-state index in [2.05, 4.69) is 20.7 Å². The molecule has 5 amide bonds. The number of aryl methyl sites for hydroxylation is 1. The molecule has 15 nitrogen and oxygen atoms in total. The second-order valence-electron chi connectivity index (χ2n) is 17.5. The number of urea groups is 1. The fourth-order valence-electron chi connectivity index (χ4n) is 8.78. The summed E-state index contributed by atoms with van der Waals surface area (Å²) in [5.74, 6) is -0.586. The predicted octanol–water partition coefficient (Wildman–Crippen LogP) is 5.71. The van der Waals surface area contributed by atoms with E-state index in [1.807, 2.05) is 58.0 Å². The molecule has 1 aromatic carbocycles. The molecule has 4 heterocycles. The van der Waals surface area contributed by atoms with E-state index < -0.39 is 62.6 Å². The van der Waals surface area contributed by atoms with Gasteiger partial charge in [-0.05, 0) is 91.2 Å². The summed E-state index contributed by atoms with van der Waals surface area (Å²) in [4.78, 5) is 70.2. The van der Waals surface area contributed by atoms with Crippen molar-refractivity contribution in [1.82, 2.24) is 35.1 Å². The number of pyridine rings is 1. The summed E-state index contributed by atoms with van der Waals surface area (Å²) in [6, 6.07) is 3.09. The summed E-state index contributed by atoms with van der Waals surface area (Å²) in [5.41, 5.74) is 1.68. The van der Waals surface area contributed by atoms with Crippen molar-refractivity contribution in [3.63, 3.8) is 0 Å². The Morgan fingerprint density at radius 3 is 2.57 bits per heavy atom. The Hall–Kier alpha value is -4.77. The molecule has 17 heteroatoms. The Balaban J connectivity index is 1.14. The van der Waals surface area contributed by atoms with E-state index in [1.54, 1.807) is 12.0 Å². The summed E-state index contributed by atoms with van der Waals surface area (Å²) < 4.78 is 40.7. The Labute approximate surface area is 361 Å². The van der Waals surface area contributed by atoms with Crippen molar-refractivity contribution < 1.29 is 37.1 Å². The van der Waals surface area contributed by atoms with Crippen LogP contribution in [-0.2, 0) is 24.4 Å². The number of allylic oxidation sites excluding steroid dienone is 1. The average molecular weight is 876 g/mol. The fourth-order valence-corrected chi connectivity index (χ4v) is 11.0. The number of sulfonamides is 1. The summed E-state index contributed by atoms with van der Waals surface area (Å²) in [6.07, 6.45) is 9.98. The van der Waals surface area contributed by atoms with Gasteiger partial charge in [0.15, 0.2) is 0 Å². The van der Waals surface area contributed by atoms with Crippen LogP contribution in [0.1, 0.15) is 109 Å². The molecule has 3 aromatic rings. The number of fused-ring (bicyclic) bond motifs is 3. The normalized spacial score (nSPS) is 25.8. The maximum atomic E-state index is 14.9. The van der Waals surface area contributed by atoms with Crippen LogP contribution >= 0.6 is 11.3 Å². The quantitative estimate of drug-likeness (QED) is 0.201. The molecule has 3 N–H and O–H groups in total. The van der Waals surface area contributed by atoms with Crippen LogP contribution in [0, 0.1) is 12.8 Å². The lowest BCUT2D eigenvalue weighted by Gasteiger charge is -2.32. The summed E-state index contributed by atoms with van der Waals surface area (Å²) in [7, 11) is -2.30. The molecule has 5 atom stereocenters. The number of aromatic nitrogens is 2. The second kappa shape index (κ2) is 17.2. The first kappa shape index (κ1) is 42.9. The predicted molar refractivity (Wildman–Crippen MR) is 232 cm³/mol. The molecule has 3 aliphatic carbocycles. The Kier molecular flexibility index (Phi) is 12.1. The molecular formula is C44H57N7O8S2. The molecule has 8 rings (SSSR count). The molecule has 61 heavy (non-hydrogen) atoms. The Bertz CT molecular complexity index is 2340. The van der Waals surface area contributed by atoms with Gasteiger partial charge < -0.3 is 29.9 Å². The first-order valence-electron chi connectivity index (χ1n) is 21.8. The molecule has 3 saturated carbocycles. The topological polar surface area (TPSA) is 189 Å². The molecule has 2 aliphatic heterocycles. The van der Waals surface area contributed by atoms with Crippen LogP contribution < -0.4 is 24.8 Å². The number of nitrogens with one attached hydrogen (secondary N) is 3. The molecule has 5 aliphatic rings. The van der Waals surface area contributed by atoms with Crippen LogP contribution in [0.5, 0.6) is 11.5 Å². The number of hydrogen-bond donors (Lipinski definition) is 3. The fraction of sp³-hybridized carbons (Fsp3) is 0.591. The van der Waals surface area contributed by atoms with Crippen molar-refractivity contribution in [1.29, 1.82) is 0 Å². The lowest BCUT2D eigenvalue weighted by molar-refractivity contribution is -0.141. The molecule has 2 aromatic heterocycles.